The van der Waals surface area contributed by atoms with E-state index < -0.39 is 50.2 Å². The number of para-hydroxylation sites is 2. The van der Waals surface area contributed by atoms with Gasteiger partial charge < -0.3 is 13.6 Å². The van der Waals surface area contributed by atoms with Crippen LogP contribution in [0.2, 0.25) is 0 Å². The number of phosphoric acid groups is 1. The van der Waals surface area contributed by atoms with Crippen LogP contribution in [-0.2, 0) is 4.57 Å². The van der Waals surface area contributed by atoms with E-state index in [0.29, 0.717) is 11.1 Å². The van der Waals surface area contributed by atoms with E-state index >= 15 is 0 Å². The summed E-state index contributed by atoms with van der Waals surface area (Å²) in [7, 11) is -4.64. The molecular formula is C21H21O4P. The maximum atomic E-state index is 13.8. The summed E-state index contributed by atoms with van der Waals surface area (Å²) in [4.78, 5) is 0. The molecule has 0 aliphatic carbocycles. The predicted molar refractivity (Wildman–Crippen MR) is 103 cm³/mol. The summed E-state index contributed by atoms with van der Waals surface area (Å²) in [5, 5.41) is 0. The molecule has 3 aromatic rings. The lowest BCUT2D eigenvalue weighted by Crippen LogP contribution is -2.08. The number of benzene rings is 3. The molecule has 0 heterocycles. The monoisotopic (exact) mass is 375 g/mol. The summed E-state index contributed by atoms with van der Waals surface area (Å²) in [6, 6.07) is 9.93. The molecule has 0 amide bonds. The van der Waals surface area contributed by atoms with E-state index in [-0.39, 0.29) is 11.5 Å². The molecule has 0 saturated carbocycles. The molecular weight excluding hydrogens is 347 g/mol. The minimum atomic E-state index is -4.64. The van der Waals surface area contributed by atoms with Gasteiger partial charge in [-0.05, 0) is 56.0 Å². The van der Waals surface area contributed by atoms with Crippen molar-refractivity contribution < 1.29 is 27.7 Å². The minimum Gasteiger partial charge on any atom is -0.386 e. The Morgan fingerprint density at radius 2 is 1.31 bits per heavy atom. The molecule has 0 fully saturated rings. The molecule has 134 valence electrons. The number of hydrogen-bond acceptors (Lipinski definition) is 4. The van der Waals surface area contributed by atoms with Crippen molar-refractivity contribution in [1.82, 2.24) is 0 Å². The van der Waals surface area contributed by atoms with Gasteiger partial charge >= 0.3 is 7.82 Å². The molecule has 26 heavy (non-hydrogen) atoms. The van der Waals surface area contributed by atoms with Crippen LogP contribution in [0.3, 0.4) is 0 Å². The van der Waals surface area contributed by atoms with Gasteiger partial charge in [0.2, 0.25) is 0 Å². The Labute approximate surface area is 163 Å². The molecule has 0 saturated heterocycles. The van der Waals surface area contributed by atoms with Crippen molar-refractivity contribution in [2.24, 2.45) is 0 Å². The SMILES string of the molecule is [2H]c1c([2H])c(C([2H])([2H])[2H])c([2H])c([2H])c1OP(=O)(Oc1ccccc1C)Oc1ccccc1C. The second kappa shape index (κ2) is 7.67. The van der Waals surface area contributed by atoms with E-state index in [2.05, 4.69) is 0 Å². The van der Waals surface area contributed by atoms with Crippen LogP contribution in [0.5, 0.6) is 17.2 Å². The van der Waals surface area contributed by atoms with Crippen LogP contribution in [0, 0.1) is 20.7 Å². The van der Waals surface area contributed by atoms with Gasteiger partial charge in [0.05, 0.1) is 5.48 Å². The van der Waals surface area contributed by atoms with Gasteiger partial charge in [0.15, 0.2) is 0 Å². The molecule has 0 unspecified atom stereocenters. The lowest BCUT2D eigenvalue weighted by atomic mass is 10.2. The number of rotatable bonds is 6. The van der Waals surface area contributed by atoms with E-state index in [1.165, 1.54) is 12.1 Å². The standard InChI is InChI=1S/C21H21O4P/c1-16-12-14-19(15-13-16)23-26(22,24-20-10-6-4-8-17(20)2)25-21-11-7-5-9-18(21)3/h4-15H,1-3H3/i1D3,12D,13D,14D,15D. The van der Waals surface area contributed by atoms with Gasteiger partial charge in [-0.25, -0.2) is 0 Å². The Bertz CT molecular complexity index is 1160. The smallest absolute Gasteiger partial charge is 0.386 e. The van der Waals surface area contributed by atoms with Crippen LogP contribution in [0.1, 0.15) is 26.3 Å². The summed E-state index contributed by atoms with van der Waals surface area (Å²) in [5.74, 6) is -0.434. The molecule has 3 rings (SSSR count). The van der Waals surface area contributed by atoms with Crippen LogP contribution in [0.25, 0.3) is 0 Å². The highest BCUT2D eigenvalue weighted by atomic mass is 31.2. The maximum Gasteiger partial charge on any atom is 0.647 e. The van der Waals surface area contributed by atoms with E-state index in [4.69, 9.17) is 23.2 Å². The quantitative estimate of drug-likeness (QED) is 0.477. The van der Waals surface area contributed by atoms with Crippen molar-refractivity contribution in [1.29, 1.82) is 0 Å². The van der Waals surface area contributed by atoms with Crippen molar-refractivity contribution in [3.05, 3.63) is 89.4 Å². The molecule has 0 radical (unpaired) electrons. The van der Waals surface area contributed by atoms with Crippen LogP contribution in [-0.4, -0.2) is 0 Å². The first-order valence-corrected chi connectivity index (χ1v) is 9.21. The van der Waals surface area contributed by atoms with Gasteiger partial charge in [0, 0.05) is 4.11 Å². The third-order valence-corrected chi connectivity index (χ3v) is 4.66. The Balaban J connectivity index is 2.14. The maximum absolute atomic E-state index is 13.8. The Morgan fingerprint density at radius 1 is 0.808 bits per heavy atom. The van der Waals surface area contributed by atoms with Crippen LogP contribution in [0.4, 0.5) is 0 Å². The van der Waals surface area contributed by atoms with E-state index in [9.17, 15) is 4.57 Å². The molecule has 0 aliphatic heterocycles. The number of hydrogen-bond donors (Lipinski definition) is 0. The topological polar surface area (TPSA) is 44.8 Å². The molecule has 4 nitrogen and oxygen atoms in total. The fourth-order valence-electron chi connectivity index (χ4n) is 2.07. The minimum absolute atomic E-state index is 0.156. The molecule has 0 spiro atoms. The Morgan fingerprint density at radius 3 is 1.77 bits per heavy atom. The molecule has 0 aliphatic rings. The van der Waals surface area contributed by atoms with Crippen LogP contribution in [0.15, 0.2) is 72.7 Å². The van der Waals surface area contributed by atoms with Gasteiger partial charge in [-0.3, -0.25) is 0 Å². The number of aryl methyl sites for hydroxylation is 2. The molecule has 5 heteroatoms. The fourth-order valence-corrected chi connectivity index (χ4v) is 3.39. The normalized spacial score (nSPS) is 15.4. The van der Waals surface area contributed by atoms with Crippen molar-refractivity contribution in [2.75, 3.05) is 0 Å². The third kappa shape index (κ3) is 4.47. The first-order chi connectivity index (χ1) is 15.3. The fraction of sp³-hybridized carbons (Fsp3) is 0.143. The zero-order valence-electron chi connectivity index (χ0n) is 21.2. The van der Waals surface area contributed by atoms with Crippen LogP contribution < -0.4 is 13.6 Å². The summed E-state index contributed by atoms with van der Waals surface area (Å²) >= 11 is 0. The van der Waals surface area contributed by atoms with Crippen molar-refractivity contribution in [2.45, 2.75) is 20.7 Å². The zero-order chi connectivity index (χ0) is 24.6. The van der Waals surface area contributed by atoms with Crippen LogP contribution >= 0.6 is 7.82 Å². The molecule has 0 aromatic heterocycles. The van der Waals surface area contributed by atoms with E-state index in [1.54, 1.807) is 50.2 Å². The molecule has 0 bridgehead atoms. The predicted octanol–water partition coefficient (Wildman–Crippen LogP) is 6.26. The average molecular weight is 375 g/mol. The largest absolute Gasteiger partial charge is 0.647 e. The van der Waals surface area contributed by atoms with Crippen molar-refractivity contribution in [3.8, 4) is 17.2 Å². The summed E-state index contributed by atoms with van der Waals surface area (Å²) in [6.45, 7) is 0.514. The second-order valence-electron chi connectivity index (χ2n) is 5.46. The first-order valence-electron chi connectivity index (χ1n) is 11.2. The summed E-state index contributed by atoms with van der Waals surface area (Å²) in [5.41, 5.74) is 0.443. The van der Waals surface area contributed by atoms with E-state index in [0.717, 1.165) is 0 Å². The second-order valence-corrected chi connectivity index (χ2v) is 6.90. The Kier molecular flexibility index (Phi) is 3.27. The van der Waals surface area contributed by atoms with Gasteiger partial charge in [-0.2, -0.15) is 4.57 Å². The number of phosphoric ester groups is 1. The molecule has 0 atom stereocenters. The zero-order valence-corrected chi connectivity index (χ0v) is 15.1. The van der Waals surface area contributed by atoms with Gasteiger partial charge in [0.1, 0.15) is 17.2 Å². The first kappa shape index (κ1) is 11.1. The van der Waals surface area contributed by atoms with Crippen molar-refractivity contribution >= 4 is 7.82 Å². The molecule has 3 aromatic carbocycles. The molecule has 0 N–H and O–H groups in total. The van der Waals surface area contributed by atoms with Gasteiger partial charge in [-0.15, -0.1) is 0 Å². The van der Waals surface area contributed by atoms with Crippen molar-refractivity contribution in [3.63, 3.8) is 0 Å². The highest BCUT2D eigenvalue weighted by Crippen LogP contribution is 2.50. The third-order valence-electron chi connectivity index (χ3n) is 3.41. The highest BCUT2D eigenvalue weighted by Gasteiger charge is 2.34. The van der Waals surface area contributed by atoms with Gasteiger partial charge in [-0.1, -0.05) is 54.0 Å². The lowest BCUT2D eigenvalue weighted by Gasteiger charge is -2.21. The van der Waals surface area contributed by atoms with Gasteiger partial charge in [0.25, 0.3) is 0 Å². The summed E-state index contributed by atoms with van der Waals surface area (Å²) < 4.78 is 85.4. The lowest BCUT2D eigenvalue weighted by molar-refractivity contribution is 0.297. The Hall–Kier alpha value is -2.71. The highest BCUT2D eigenvalue weighted by molar-refractivity contribution is 7.49. The van der Waals surface area contributed by atoms with E-state index in [1.807, 2.05) is 0 Å². The summed E-state index contributed by atoms with van der Waals surface area (Å²) in [6.07, 6.45) is 0. The average Bonchev–Trinajstić information content (AvgIpc) is 2.72.